The van der Waals surface area contributed by atoms with Crippen molar-refractivity contribution in [3.63, 3.8) is 0 Å². The number of ether oxygens (including phenoxy) is 2. The predicted molar refractivity (Wildman–Crippen MR) is 80.4 cm³/mol. The average molecular weight is 317 g/mol. The summed E-state index contributed by atoms with van der Waals surface area (Å²) in [5.41, 5.74) is 5.56. The molecular weight excluding hydrogens is 294 g/mol. The SMILES string of the molecule is CCOCCN(CCOCC)S(=O)(=O)c1ccnc(N)c1. The maximum absolute atomic E-state index is 12.6. The molecule has 21 heavy (non-hydrogen) atoms. The number of nitrogens with zero attached hydrogens (tertiary/aromatic N) is 2. The van der Waals surface area contributed by atoms with Gasteiger partial charge in [0.1, 0.15) is 5.82 Å². The van der Waals surface area contributed by atoms with Gasteiger partial charge in [0.2, 0.25) is 10.0 Å². The number of rotatable bonds is 10. The van der Waals surface area contributed by atoms with Gasteiger partial charge < -0.3 is 15.2 Å². The van der Waals surface area contributed by atoms with Crippen molar-refractivity contribution in [3.05, 3.63) is 18.3 Å². The minimum atomic E-state index is -3.63. The lowest BCUT2D eigenvalue weighted by Gasteiger charge is -2.22. The molecule has 0 aliphatic carbocycles. The first kappa shape index (κ1) is 17.8. The lowest BCUT2D eigenvalue weighted by atomic mass is 10.5. The van der Waals surface area contributed by atoms with Gasteiger partial charge in [-0.2, -0.15) is 4.31 Å². The molecule has 0 radical (unpaired) electrons. The molecule has 0 saturated carbocycles. The molecule has 0 bridgehead atoms. The summed E-state index contributed by atoms with van der Waals surface area (Å²) >= 11 is 0. The van der Waals surface area contributed by atoms with Gasteiger partial charge in [0.05, 0.1) is 18.1 Å². The standard InChI is InChI=1S/C13H23N3O4S/c1-3-19-9-7-16(8-10-20-4-2)21(17,18)12-5-6-15-13(14)11-12/h5-6,11H,3-4,7-10H2,1-2H3,(H2,14,15). The Morgan fingerprint density at radius 2 is 1.76 bits per heavy atom. The van der Waals surface area contributed by atoms with Crippen molar-refractivity contribution in [2.45, 2.75) is 18.7 Å². The molecule has 0 unspecified atom stereocenters. The van der Waals surface area contributed by atoms with Crippen molar-refractivity contribution >= 4 is 15.8 Å². The molecule has 120 valence electrons. The van der Waals surface area contributed by atoms with Gasteiger partial charge in [-0.1, -0.05) is 0 Å². The van der Waals surface area contributed by atoms with E-state index in [9.17, 15) is 8.42 Å². The van der Waals surface area contributed by atoms with Crippen LogP contribution < -0.4 is 5.73 Å². The van der Waals surface area contributed by atoms with Gasteiger partial charge in [0.25, 0.3) is 0 Å². The summed E-state index contributed by atoms with van der Waals surface area (Å²) in [5, 5.41) is 0. The molecule has 0 spiro atoms. The quantitative estimate of drug-likeness (QED) is 0.639. The van der Waals surface area contributed by atoms with Crippen molar-refractivity contribution in [3.8, 4) is 0 Å². The fourth-order valence-electron chi connectivity index (χ4n) is 1.71. The van der Waals surface area contributed by atoms with E-state index in [0.717, 1.165) is 0 Å². The maximum atomic E-state index is 12.6. The first-order valence-corrected chi connectivity index (χ1v) is 8.33. The van der Waals surface area contributed by atoms with Crippen LogP contribution in [0.15, 0.2) is 23.2 Å². The van der Waals surface area contributed by atoms with Gasteiger partial charge in [-0.05, 0) is 19.9 Å². The fraction of sp³-hybridized carbons (Fsp3) is 0.615. The molecule has 0 atom stereocenters. The van der Waals surface area contributed by atoms with E-state index in [0.29, 0.717) is 26.4 Å². The molecule has 0 aliphatic rings. The van der Waals surface area contributed by atoms with Crippen LogP contribution in [0.25, 0.3) is 0 Å². The zero-order valence-corrected chi connectivity index (χ0v) is 13.3. The first-order valence-electron chi connectivity index (χ1n) is 6.89. The Balaban J connectivity index is 2.87. The summed E-state index contributed by atoms with van der Waals surface area (Å²) in [5.74, 6) is 0.172. The molecule has 1 rings (SSSR count). The van der Waals surface area contributed by atoms with Gasteiger partial charge in [0.15, 0.2) is 0 Å². The molecule has 1 aromatic heterocycles. The molecule has 0 aromatic carbocycles. The zero-order chi connectivity index (χ0) is 15.7. The number of nitrogen functional groups attached to an aromatic ring is 1. The normalized spacial score (nSPS) is 12.0. The molecule has 0 aliphatic heterocycles. The number of hydrogen-bond acceptors (Lipinski definition) is 6. The van der Waals surface area contributed by atoms with E-state index in [2.05, 4.69) is 4.98 Å². The van der Waals surface area contributed by atoms with E-state index in [1.807, 2.05) is 13.8 Å². The fourth-order valence-corrected chi connectivity index (χ4v) is 3.14. The molecule has 0 fully saturated rings. The highest BCUT2D eigenvalue weighted by Gasteiger charge is 2.24. The Hall–Kier alpha value is -1.22. The van der Waals surface area contributed by atoms with Crippen LogP contribution in [0.5, 0.6) is 0 Å². The van der Waals surface area contributed by atoms with Crippen LogP contribution in [0.4, 0.5) is 5.82 Å². The maximum Gasteiger partial charge on any atom is 0.243 e. The first-order chi connectivity index (χ1) is 10.0. The summed E-state index contributed by atoms with van der Waals surface area (Å²) in [7, 11) is -3.63. The molecule has 0 amide bonds. The zero-order valence-electron chi connectivity index (χ0n) is 12.5. The third kappa shape index (κ3) is 5.58. The number of sulfonamides is 1. The highest BCUT2D eigenvalue weighted by atomic mass is 32.2. The highest BCUT2D eigenvalue weighted by molar-refractivity contribution is 7.89. The number of hydrogen-bond donors (Lipinski definition) is 1. The van der Waals surface area contributed by atoms with Crippen LogP contribution in [0.2, 0.25) is 0 Å². The highest BCUT2D eigenvalue weighted by Crippen LogP contribution is 2.16. The summed E-state index contributed by atoms with van der Waals surface area (Å²) in [6.45, 7) is 6.02. The van der Waals surface area contributed by atoms with Gasteiger partial charge in [-0.25, -0.2) is 13.4 Å². The second kappa shape index (κ2) is 8.93. The van der Waals surface area contributed by atoms with Crippen molar-refractivity contribution in [1.29, 1.82) is 0 Å². The van der Waals surface area contributed by atoms with Crippen molar-refractivity contribution < 1.29 is 17.9 Å². The minimum Gasteiger partial charge on any atom is -0.384 e. The lowest BCUT2D eigenvalue weighted by Crippen LogP contribution is -2.36. The van der Waals surface area contributed by atoms with E-state index in [-0.39, 0.29) is 23.8 Å². The summed E-state index contributed by atoms with van der Waals surface area (Å²) in [6, 6.07) is 2.78. The number of aromatic nitrogens is 1. The molecule has 0 saturated heterocycles. The van der Waals surface area contributed by atoms with E-state index in [1.165, 1.54) is 22.6 Å². The Bertz CT molecular complexity index is 512. The average Bonchev–Trinajstić information content (AvgIpc) is 2.46. The predicted octanol–water partition coefficient (Wildman–Crippen LogP) is 0.728. The monoisotopic (exact) mass is 317 g/mol. The number of anilines is 1. The number of pyridine rings is 1. The van der Waals surface area contributed by atoms with Gasteiger partial charge in [-0.15, -0.1) is 0 Å². The van der Waals surface area contributed by atoms with Crippen molar-refractivity contribution in [2.24, 2.45) is 0 Å². The molecule has 8 heteroatoms. The van der Waals surface area contributed by atoms with E-state index < -0.39 is 10.0 Å². The molecule has 1 aromatic rings. The number of nitrogens with two attached hydrogens (primary N) is 1. The van der Waals surface area contributed by atoms with Gasteiger partial charge in [-0.3, -0.25) is 0 Å². The third-order valence-corrected chi connectivity index (χ3v) is 4.66. The van der Waals surface area contributed by atoms with Crippen LogP contribution >= 0.6 is 0 Å². The van der Waals surface area contributed by atoms with E-state index in [4.69, 9.17) is 15.2 Å². The Kier molecular flexibility index (Phi) is 7.58. The second-order valence-electron chi connectivity index (χ2n) is 4.21. The van der Waals surface area contributed by atoms with Gasteiger partial charge in [0, 0.05) is 38.6 Å². The Morgan fingerprint density at radius 1 is 1.19 bits per heavy atom. The lowest BCUT2D eigenvalue weighted by molar-refractivity contribution is 0.110. The molecule has 7 nitrogen and oxygen atoms in total. The molecular formula is C13H23N3O4S. The Morgan fingerprint density at radius 3 is 2.24 bits per heavy atom. The van der Waals surface area contributed by atoms with Crippen LogP contribution in [-0.2, 0) is 19.5 Å². The van der Waals surface area contributed by atoms with Gasteiger partial charge >= 0.3 is 0 Å². The summed E-state index contributed by atoms with van der Waals surface area (Å²) in [6.07, 6.45) is 1.38. The third-order valence-electron chi connectivity index (χ3n) is 2.77. The van der Waals surface area contributed by atoms with E-state index in [1.54, 1.807) is 0 Å². The van der Waals surface area contributed by atoms with Crippen LogP contribution in [0, 0.1) is 0 Å². The second-order valence-corrected chi connectivity index (χ2v) is 6.15. The summed E-state index contributed by atoms with van der Waals surface area (Å²) in [4.78, 5) is 3.94. The van der Waals surface area contributed by atoms with Crippen LogP contribution in [0.3, 0.4) is 0 Å². The van der Waals surface area contributed by atoms with E-state index >= 15 is 0 Å². The topological polar surface area (TPSA) is 94.8 Å². The Labute approximate surface area is 126 Å². The smallest absolute Gasteiger partial charge is 0.243 e. The molecule has 2 N–H and O–H groups in total. The minimum absolute atomic E-state index is 0.128. The van der Waals surface area contributed by atoms with Crippen molar-refractivity contribution in [2.75, 3.05) is 45.3 Å². The summed E-state index contributed by atoms with van der Waals surface area (Å²) < 4.78 is 37.0. The van der Waals surface area contributed by atoms with Crippen LogP contribution in [-0.4, -0.2) is 57.2 Å². The largest absolute Gasteiger partial charge is 0.384 e. The molecule has 1 heterocycles. The van der Waals surface area contributed by atoms with Crippen LogP contribution in [0.1, 0.15) is 13.8 Å². The van der Waals surface area contributed by atoms with Crippen molar-refractivity contribution in [1.82, 2.24) is 9.29 Å².